The Morgan fingerprint density at radius 3 is 2.65 bits per heavy atom. The van der Waals surface area contributed by atoms with Crippen molar-refractivity contribution in [2.45, 2.75) is 32.5 Å². The first-order chi connectivity index (χ1) is 12.6. The van der Waals surface area contributed by atoms with Crippen LogP contribution in [-0.4, -0.2) is 67.6 Å². The Hall–Kier alpha value is -1.92. The van der Waals surface area contributed by atoms with Crippen molar-refractivity contribution in [1.82, 2.24) is 9.80 Å². The van der Waals surface area contributed by atoms with Gasteiger partial charge in [0.25, 0.3) is 0 Å². The molecule has 2 aliphatic heterocycles. The molecule has 1 atom stereocenters. The van der Waals surface area contributed by atoms with Crippen LogP contribution in [0.1, 0.15) is 24.0 Å². The van der Waals surface area contributed by atoms with E-state index in [1.54, 1.807) is 4.90 Å². The van der Waals surface area contributed by atoms with Crippen LogP contribution in [0.25, 0.3) is 0 Å². The highest BCUT2D eigenvalue weighted by atomic mass is 16.5. The number of methoxy groups -OCH3 is 1. The van der Waals surface area contributed by atoms with Gasteiger partial charge < -0.3 is 19.3 Å². The molecule has 0 saturated carbocycles. The van der Waals surface area contributed by atoms with Crippen molar-refractivity contribution < 1.29 is 19.1 Å². The van der Waals surface area contributed by atoms with E-state index in [0.717, 1.165) is 12.8 Å². The van der Waals surface area contributed by atoms with Crippen LogP contribution >= 0.6 is 0 Å². The van der Waals surface area contributed by atoms with E-state index in [1.807, 2.05) is 17.0 Å². The van der Waals surface area contributed by atoms with Gasteiger partial charge in [-0.2, -0.15) is 0 Å². The van der Waals surface area contributed by atoms with Crippen molar-refractivity contribution in [2.24, 2.45) is 5.92 Å². The molecule has 0 aliphatic carbocycles. The average molecular weight is 360 g/mol. The second-order valence-electron chi connectivity index (χ2n) is 7.21. The normalized spacial score (nSPS) is 20.8. The number of carbonyl (C=O) groups is 2. The maximum Gasteiger partial charge on any atom is 0.248 e. The van der Waals surface area contributed by atoms with Gasteiger partial charge in [0.2, 0.25) is 11.8 Å². The van der Waals surface area contributed by atoms with Crippen LogP contribution in [0, 0.1) is 12.8 Å². The number of hydrogen-bond donors (Lipinski definition) is 0. The summed E-state index contributed by atoms with van der Waals surface area (Å²) in [5, 5.41) is 0. The van der Waals surface area contributed by atoms with Gasteiger partial charge >= 0.3 is 0 Å². The van der Waals surface area contributed by atoms with Crippen LogP contribution < -0.4 is 0 Å². The Bertz CT molecular complexity index is 642. The van der Waals surface area contributed by atoms with Gasteiger partial charge in [-0.3, -0.25) is 9.59 Å². The van der Waals surface area contributed by atoms with E-state index in [-0.39, 0.29) is 30.4 Å². The molecule has 1 aromatic carbocycles. The summed E-state index contributed by atoms with van der Waals surface area (Å²) in [5.41, 5.74) is 2.42. The molecule has 2 fully saturated rings. The van der Waals surface area contributed by atoms with Crippen molar-refractivity contribution in [3.05, 3.63) is 35.4 Å². The molecule has 0 spiro atoms. The van der Waals surface area contributed by atoms with Crippen LogP contribution in [0.2, 0.25) is 0 Å². The number of piperidine rings is 1. The van der Waals surface area contributed by atoms with Crippen LogP contribution in [0.15, 0.2) is 24.3 Å². The fourth-order valence-electron chi connectivity index (χ4n) is 3.58. The zero-order chi connectivity index (χ0) is 18.5. The van der Waals surface area contributed by atoms with E-state index >= 15 is 0 Å². The molecule has 142 valence electrons. The molecule has 6 nitrogen and oxygen atoms in total. The lowest BCUT2D eigenvalue weighted by Gasteiger charge is -2.42. The molecule has 2 amide bonds. The summed E-state index contributed by atoms with van der Waals surface area (Å²) in [6, 6.07) is 8.19. The standard InChI is InChI=1S/C20H28N2O4/c1-15-6-3-4-7-17(15)13-26-18-11-22(12-18)20(24)16-8-5-9-21(10-16)19(23)14-25-2/h3-4,6-7,16,18H,5,8-14H2,1-2H3. The topological polar surface area (TPSA) is 59.1 Å². The van der Waals surface area contributed by atoms with Gasteiger partial charge in [-0.25, -0.2) is 0 Å². The number of rotatable bonds is 6. The van der Waals surface area contributed by atoms with E-state index in [0.29, 0.717) is 32.8 Å². The summed E-state index contributed by atoms with van der Waals surface area (Å²) in [6.07, 6.45) is 1.82. The van der Waals surface area contributed by atoms with Crippen molar-refractivity contribution in [2.75, 3.05) is 39.9 Å². The highest BCUT2D eigenvalue weighted by Gasteiger charge is 2.37. The van der Waals surface area contributed by atoms with Crippen LogP contribution in [0.5, 0.6) is 0 Å². The van der Waals surface area contributed by atoms with Gasteiger partial charge in [0.1, 0.15) is 6.61 Å². The van der Waals surface area contributed by atoms with Crippen molar-refractivity contribution in [3.8, 4) is 0 Å². The summed E-state index contributed by atoms with van der Waals surface area (Å²) < 4.78 is 10.8. The highest BCUT2D eigenvalue weighted by Crippen LogP contribution is 2.23. The molecule has 1 unspecified atom stereocenters. The lowest BCUT2D eigenvalue weighted by molar-refractivity contribution is -0.153. The molecule has 0 radical (unpaired) electrons. The quantitative estimate of drug-likeness (QED) is 0.773. The molecule has 3 rings (SSSR count). The minimum atomic E-state index is -0.0955. The Morgan fingerprint density at radius 2 is 1.92 bits per heavy atom. The SMILES string of the molecule is COCC(=O)N1CCCC(C(=O)N2CC(OCc3ccccc3C)C2)C1. The summed E-state index contributed by atoms with van der Waals surface area (Å²) >= 11 is 0. The first kappa shape index (κ1) is 18.9. The second-order valence-corrected chi connectivity index (χ2v) is 7.21. The average Bonchev–Trinajstić information content (AvgIpc) is 2.62. The third-order valence-electron chi connectivity index (χ3n) is 5.29. The largest absolute Gasteiger partial charge is 0.375 e. The highest BCUT2D eigenvalue weighted by molar-refractivity contribution is 5.82. The number of benzene rings is 1. The lowest BCUT2D eigenvalue weighted by atomic mass is 9.94. The number of ether oxygens (including phenoxy) is 2. The second kappa shape index (κ2) is 8.64. The van der Waals surface area contributed by atoms with Crippen LogP contribution in [0.4, 0.5) is 0 Å². The molecule has 2 saturated heterocycles. The Kier molecular flexibility index (Phi) is 6.27. The molecular formula is C20H28N2O4. The Labute approximate surface area is 155 Å². The summed E-state index contributed by atoms with van der Waals surface area (Å²) in [4.78, 5) is 28.3. The minimum Gasteiger partial charge on any atom is -0.375 e. The number of carbonyl (C=O) groups excluding carboxylic acids is 2. The fraction of sp³-hybridized carbons (Fsp3) is 0.600. The predicted molar refractivity (Wildman–Crippen MR) is 97.5 cm³/mol. The summed E-state index contributed by atoms with van der Waals surface area (Å²) in [7, 11) is 1.52. The number of hydrogen-bond acceptors (Lipinski definition) is 4. The molecule has 0 aromatic heterocycles. The van der Waals surface area contributed by atoms with Gasteiger partial charge in [-0.15, -0.1) is 0 Å². The summed E-state index contributed by atoms with van der Waals surface area (Å²) in [6.45, 7) is 5.26. The molecule has 2 aliphatic rings. The molecule has 0 bridgehead atoms. The van der Waals surface area contributed by atoms with E-state index in [9.17, 15) is 9.59 Å². The summed E-state index contributed by atoms with van der Waals surface area (Å²) in [5.74, 6) is 0.0191. The number of amides is 2. The smallest absolute Gasteiger partial charge is 0.248 e. The fourth-order valence-corrected chi connectivity index (χ4v) is 3.58. The molecule has 6 heteroatoms. The third kappa shape index (κ3) is 4.43. The molecule has 1 aromatic rings. The van der Waals surface area contributed by atoms with E-state index in [2.05, 4.69) is 19.1 Å². The first-order valence-corrected chi connectivity index (χ1v) is 9.30. The van der Waals surface area contributed by atoms with Gasteiger partial charge in [-0.1, -0.05) is 24.3 Å². The van der Waals surface area contributed by atoms with E-state index < -0.39 is 0 Å². The van der Waals surface area contributed by atoms with E-state index in [4.69, 9.17) is 9.47 Å². The van der Waals surface area contributed by atoms with Crippen molar-refractivity contribution in [1.29, 1.82) is 0 Å². The van der Waals surface area contributed by atoms with E-state index in [1.165, 1.54) is 18.2 Å². The molecule has 2 heterocycles. The Balaban J connectivity index is 1.43. The van der Waals surface area contributed by atoms with Gasteiger partial charge in [0.15, 0.2) is 0 Å². The molecule has 26 heavy (non-hydrogen) atoms. The monoisotopic (exact) mass is 360 g/mol. The molecule has 0 N–H and O–H groups in total. The molecular weight excluding hydrogens is 332 g/mol. The number of likely N-dealkylation sites (tertiary alicyclic amines) is 2. The van der Waals surface area contributed by atoms with Gasteiger partial charge in [0, 0.05) is 33.3 Å². The van der Waals surface area contributed by atoms with Crippen LogP contribution in [0.3, 0.4) is 0 Å². The first-order valence-electron chi connectivity index (χ1n) is 9.30. The maximum atomic E-state index is 12.7. The van der Waals surface area contributed by atoms with Gasteiger partial charge in [0.05, 0.1) is 18.6 Å². The van der Waals surface area contributed by atoms with Gasteiger partial charge in [-0.05, 0) is 30.9 Å². The number of nitrogens with zero attached hydrogens (tertiary/aromatic N) is 2. The number of aryl methyl sites for hydroxylation is 1. The zero-order valence-electron chi connectivity index (χ0n) is 15.6. The minimum absolute atomic E-state index is 0.0342. The third-order valence-corrected chi connectivity index (χ3v) is 5.29. The maximum absolute atomic E-state index is 12.7. The van der Waals surface area contributed by atoms with Crippen molar-refractivity contribution >= 4 is 11.8 Å². The van der Waals surface area contributed by atoms with Crippen LogP contribution in [-0.2, 0) is 25.7 Å². The lowest BCUT2D eigenvalue weighted by Crippen LogP contribution is -2.58. The Morgan fingerprint density at radius 1 is 1.15 bits per heavy atom. The van der Waals surface area contributed by atoms with Crippen molar-refractivity contribution in [3.63, 3.8) is 0 Å². The predicted octanol–water partition coefficient (Wildman–Crippen LogP) is 1.61. The zero-order valence-corrected chi connectivity index (χ0v) is 15.6.